The van der Waals surface area contributed by atoms with Gasteiger partial charge in [0.25, 0.3) is 5.91 Å². The number of nitrogens with zero attached hydrogens (tertiary/aromatic N) is 3. The lowest BCUT2D eigenvalue weighted by Crippen LogP contribution is -2.29. The van der Waals surface area contributed by atoms with Crippen molar-refractivity contribution in [1.29, 1.82) is 0 Å². The fraction of sp³-hybridized carbons (Fsp3) is 0.588. The number of methoxy groups -OCH3 is 1. The number of hydrogen-bond donors (Lipinski definition) is 1. The van der Waals surface area contributed by atoms with Crippen LogP contribution < -0.4 is 5.32 Å². The number of rotatable bonds is 4. The van der Waals surface area contributed by atoms with Gasteiger partial charge in [-0.2, -0.15) is 0 Å². The van der Waals surface area contributed by atoms with Gasteiger partial charge in [0.15, 0.2) is 0 Å². The average molecular weight is 346 g/mol. The lowest BCUT2D eigenvalue weighted by atomic mass is 10.2. The van der Waals surface area contributed by atoms with Crippen molar-refractivity contribution in [2.45, 2.75) is 44.2 Å². The molecular weight excluding hydrogens is 324 g/mol. The summed E-state index contributed by atoms with van der Waals surface area (Å²) >= 11 is 1.55. The van der Waals surface area contributed by atoms with Gasteiger partial charge < -0.3 is 15.0 Å². The van der Waals surface area contributed by atoms with Crippen LogP contribution in [0.15, 0.2) is 11.4 Å². The van der Waals surface area contributed by atoms with Crippen LogP contribution in [0.2, 0.25) is 0 Å². The highest BCUT2D eigenvalue weighted by Crippen LogP contribution is 2.30. The van der Waals surface area contributed by atoms with Gasteiger partial charge in [0.1, 0.15) is 10.6 Å². The van der Waals surface area contributed by atoms with Gasteiger partial charge in [0.2, 0.25) is 5.82 Å². The molecule has 2 aromatic heterocycles. The molecule has 24 heavy (non-hydrogen) atoms. The maximum atomic E-state index is 12.7. The van der Waals surface area contributed by atoms with E-state index in [4.69, 9.17) is 4.74 Å². The normalized spacial score (nSPS) is 24.0. The van der Waals surface area contributed by atoms with Gasteiger partial charge in [0, 0.05) is 26.2 Å². The maximum Gasteiger partial charge on any atom is 0.291 e. The highest BCUT2D eigenvalue weighted by atomic mass is 32.1. The van der Waals surface area contributed by atoms with E-state index in [1.54, 1.807) is 18.4 Å². The first-order chi connectivity index (χ1) is 11.7. The Bertz CT molecular complexity index is 741. The molecular formula is C17H22N4O2S. The van der Waals surface area contributed by atoms with E-state index >= 15 is 0 Å². The number of hydrogen-bond acceptors (Lipinski definition) is 6. The van der Waals surface area contributed by atoms with Crippen LogP contribution in [0.5, 0.6) is 0 Å². The molecule has 2 fully saturated rings. The second-order valence-electron chi connectivity index (χ2n) is 6.55. The lowest BCUT2D eigenvalue weighted by Gasteiger charge is -2.17. The quantitative estimate of drug-likeness (QED) is 0.922. The number of thiophene rings is 1. The van der Waals surface area contributed by atoms with E-state index < -0.39 is 0 Å². The molecule has 1 saturated carbocycles. The Labute approximate surface area is 145 Å². The van der Waals surface area contributed by atoms with E-state index in [1.807, 2.05) is 16.3 Å². The maximum absolute atomic E-state index is 12.7. The van der Waals surface area contributed by atoms with Gasteiger partial charge in [-0.15, -0.1) is 11.3 Å². The number of ether oxygens (including phenoxy) is 1. The van der Waals surface area contributed by atoms with Gasteiger partial charge in [-0.05, 0) is 43.6 Å². The number of amides is 1. The first-order valence-electron chi connectivity index (χ1n) is 8.58. The van der Waals surface area contributed by atoms with Gasteiger partial charge >= 0.3 is 0 Å². The molecule has 2 atom stereocenters. The number of anilines is 1. The zero-order valence-corrected chi connectivity index (χ0v) is 14.6. The van der Waals surface area contributed by atoms with Gasteiger partial charge in [-0.25, -0.2) is 9.97 Å². The lowest BCUT2D eigenvalue weighted by molar-refractivity contribution is 0.0781. The van der Waals surface area contributed by atoms with Crippen LogP contribution in [0.3, 0.4) is 0 Å². The molecule has 128 valence electrons. The van der Waals surface area contributed by atoms with Crippen molar-refractivity contribution in [1.82, 2.24) is 14.9 Å². The van der Waals surface area contributed by atoms with Crippen molar-refractivity contribution in [2.24, 2.45) is 0 Å². The Morgan fingerprint density at radius 3 is 2.92 bits per heavy atom. The zero-order chi connectivity index (χ0) is 16.5. The van der Waals surface area contributed by atoms with Crippen molar-refractivity contribution in [3.8, 4) is 0 Å². The third-order valence-corrected chi connectivity index (χ3v) is 5.77. The van der Waals surface area contributed by atoms with Crippen LogP contribution in [0.25, 0.3) is 10.2 Å². The molecule has 4 rings (SSSR count). The molecule has 3 heterocycles. The summed E-state index contributed by atoms with van der Waals surface area (Å²) in [5.74, 6) is 1.05. The molecule has 6 nitrogen and oxygen atoms in total. The average Bonchev–Trinajstić information content (AvgIpc) is 3.34. The minimum absolute atomic E-state index is 0.0490. The number of carbonyl (C=O) groups excluding carboxylic acids is 1. The molecule has 2 unspecified atom stereocenters. The van der Waals surface area contributed by atoms with Crippen molar-refractivity contribution in [3.05, 3.63) is 17.3 Å². The molecule has 1 amide bonds. The summed E-state index contributed by atoms with van der Waals surface area (Å²) < 4.78 is 5.45. The van der Waals surface area contributed by atoms with E-state index in [0.717, 1.165) is 61.2 Å². The zero-order valence-electron chi connectivity index (χ0n) is 13.8. The number of likely N-dealkylation sites (tertiary alicyclic amines) is 1. The van der Waals surface area contributed by atoms with E-state index in [0.29, 0.717) is 18.0 Å². The Morgan fingerprint density at radius 2 is 2.17 bits per heavy atom. The van der Waals surface area contributed by atoms with Gasteiger partial charge in [0.05, 0.1) is 11.5 Å². The summed E-state index contributed by atoms with van der Waals surface area (Å²) in [6, 6.07) is 2.36. The predicted molar refractivity (Wildman–Crippen MR) is 94.6 cm³/mol. The van der Waals surface area contributed by atoms with Crippen molar-refractivity contribution >= 4 is 33.3 Å². The number of fused-ring (bicyclic) bond motifs is 1. The molecule has 0 radical (unpaired) electrons. The molecule has 2 aliphatic rings. The largest absolute Gasteiger partial charge is 0.381 e. The van der Waals surface area contributed by atoms with E-state index in [-0.39, 0.29) is 5.91 Å². The van der Waals surface area contributed by atoms with Crippen LogP contribution in [0, 0.1) is 0 Å². The molecule has 1 aliphatic carbocycles. The molecule has 0 spiro atoms. The fourth-order valence-corrected chi connectivity index (χ4v) is 4.37. The fourth-order valence-electron chi connectivity index (χ4n) is 3.60. The van der Waals surface area contributed by atoms with Crippen molar-refractivity contribution in [3.63, 3.8) is 0 Å². The minimum Gasteiger partial charge on any atom is -0.381 e. The second kappa shape index (κ2) is 6.64. The molecule has 7 heteroatoms. The molecule has 2 aromatic rings. The molecule has 1 N–H and O–H groups in total. The predicted octanol–water partition coefficient (Wildman–Crippen LogP) is 2.91. The number of aromatic nitrogens is 2. The summed E-state index contributed by atoms with van der Waals surface area (Å²) in [5, 5.41) is 6.53. The molecule has 1 aliphatic heterocycles. The van der Waals surface area contributed by atoms with Crippen molar-refractivity contribution < 1.29 is 9.53 Å². The minimum atomic E-state index is -0.0490. The van der Waals surface area contributed by atoms with Crippen LogP contribution in [0.4, 0.5) is 5.82 Å². The topological polar surface area (TPSA) is 67.3 Å². The summed E-state index contributed by atoms with van der Waals surface area (Å²) in [5.41, 5.74) is 0. The van der Waals surface area contributed by atoms with Crippen molar-refractivity contribution in [2.75, 3.05) is 25.5 Å². The first-order valence-corrected chi connectivity index (χ1v) is 9.46. The third-order valence-electron chi connectivity index (χ3n) is 4.97. The van der Waals surface area contributed by atoms with Gasteiger partial charge in [-0.1, -0.05) is 0 Å². The molecule has 1 saturated heterocycles. The van der Waals surface area contributed by atoms with Crippen LogP contribution >= 0.6 is 11.3 Å². The Balaban J connectivity index is 1.61. The summed E-state index contributed by atoms with van der Waals surface area (Å²) in [6.07, 6.45) is 5.54. The summed E-state index contributed by atoms with van der Waals surface area (Å²) in [7, 11) is 1.77. The monoisotopic (exact) mass is 346 g/mol. The molecule has 0 bridgehead atoms. The van der Waals surface area contributed by atoms with E-state index in [9.17, 15) is 4.79 Å². The summed E-state index contributed by atoms with van der Waals surface area (Å²) in [6.45, 7) is 1.62. The second-order valence-corrected chi connectivity index (χ2v) is 7.44. The third kappa shape index (κ3) is 2.98. The van der Waals surface area contributed by atoms with E-state index in [2.05, 4.69) is 15.3 Å². The Morgan fingerprint density at radius 1 is 1.33 bits per heavy atom. The Hall–Kier alpha value is -1.73. The number of carbonyl (C=O) groups is 1. The van der Waals surface area contributed by atoms with E-state index in [1.165, 1.54) is 0 Å². The standard InChI is InChI=1S/C17H22N4O2S/c1-23-12-5-4-11(10-12)18-14-13-6-9-24-16(13)20-15(19-14)17(22)21-7-2-3-8-21/h6,9,11-12H,2-5,7-8,10H2,1H3,(H,18,19,20). The van der Waals surface area contributed by atoms with Crippen LogP contribution in [-0.4, -0.2) is 53.1 Å². The van der Waals surface area contributed by atoms with Crippen LogP contribution in [-0.2, 0) is 4.74 Å². The smallest absolute Gasteiger partial charge is 0.291 e. The van der Waals surface area contributed by atoms with Crippen LogP contribution in [0.1, 0.15) is 42.7 Å². The highest BCUT2D eigenvalue weighted by Gasteiger charge is 2.27. The van der Waals surface area contributed by atoms with Gasteiger partial charge in [-0.3, -0.25) is 4.79 Å². The SMILES string of the molecule is COC1CCC(Nc2nc(C(=O)N3CCCC3)nc3sccc23)C1. The number of nitrogens with one attached hydrogen (secondary N) is 1. The molecule has 0 aromatic carbocycles. The first kappa shape index (κ1) is 15.8. The highest BCUT2D eigenvalue weighted by molar-refractivity contribution is 7.16. The summed E-state index contributed by atoms with van der Waals surface area (Å²) in [4.78, 5) is 24.5. The Kier molecular flexibility index (Phi) is 4.37.